The average Bonchev–Trinajstić information content (AvgIpc) is 2.91. The van der Waals surface area contributed by atoms with E-state index in [0.717, 1.165) is 11.8 Å². The Morgan fingerprint density at radius 2 is 1.29 bits per heavy atom. The van der Waals surface area contributed by atoms with E-state index in [0.29, 0.717) is 11.8 Å². The summed E-state index contributed by atoms with van der Waals surface area (Å²) in [4.78, 5) is 0. The predicted octanol–water partition coefficient (Wildman–Crippen LogP) is 4.14. The van der Waals surface area contributed by atoms with Crippen molar-refractivity contribution in [3.05, 3.63) is 0 Å². The second-order valence-corrected chi connectivity index (χ2v) is 6.91. The van der Waals surface area contributed by atoms with Gasteiger partial charge in [-0.2, -0.15) is 0 Å². The Morgan fingerprint density at radius 3 is 2.06 bits per heavy atom. The third kappa shape index (κ3) is 2.54. The molecule has 0 aromatic carbocycles. The fraction of sp³-hybridized carbons (Fsp3) is 1.00. The molecule has 0 bridgehead atoms. The largest absolute Gasteiger partial charge is 0.393 e. The number of hydrogen-bond donors (Lipinski definition) is 1. The lowest BCUT2D eigenvalue weighted by Gasteiger charge is -2.41. The monoisotopic (exact) mass is 236 g/mol. The van der Waals surface area contributed by atoms with Crippen LogP contribution in [0.2, 0.25) is 0 Å². The highest BCUT2D eigenvalue weighted by Gasteiger charge is 2.37. The summed E-state index contributed by atoms with van der Waals surface area (Å²) in [6.45, 7) is 0. The Bertz CT molecular complexity index is 244. The zero-order valence-electron chi connectivity index (χ0n) is 11.1. The summed E-state index contributed by atoms with van der Waals surface area (Å²) >= 11 is 0. The topological polar surface area (TPSA) is 20.2 Å². The highest BCUT2D eigenvalue weighted by Crippen LogP contribution is 2.45. The van der Waals surface area contributed by atoms with Crippen LogP contribution in [-0.4, -0.2) is 11.2 Å². The van der Waals surface area contributed by atoms with Crippen molar-refractivity contribution < 1.29 is 5.11 Å². The minimum atomic E-state index is 0.0420. The van der Waals surface area contributed by atoms with Gasteiger partial charge in [-0.05, 0) is 55.8 Å². The molecule has 0 amide bonds. The van der Waals surface area contributed by atoms with E-state index >= 15 is 0 Å². The third-order valence-corrected chi connectivity index (χ3v) is 5.95. The van der Waals surface area contributed by atoms with E-state index in [4.69, 9.17) is 0 Å². The van der Waals surface area contributed by atoms with Crippen LogP contribution in [0.4, 0.5) is 0 Å². The maximum absolute atomic E-state index is 10.6. The summed E-state index contributed by atoms with van der Waals surface area (Å²) in [5.41, 5.74) is 0. The van der Waals surface area contributed by atoms with Gasteiger partial charge in [0.05, 0.1) is 6.10 Å². The molecule has 1 nitrogen and oxygen atoms in total. The summed E-state index contributed by atoms with van der Waals surface area (Å²) in [6.07, 6.45) is 15.3. The van der Waals surface area contributed by atoms with Crippen molar-refractivity contribution in [3.63, 3.8) is 0 Å². The van der Waals surface area contributed by atoms with Gasteiger partial charge >= 0.3 is 0 Å². The molecule has 4 atom stereocenters. The molecule has 1 N–H and O–H groups in total. The van der Waals surface area contributed by atoms with E-state index in [1.54, 1.807) is 0 Å². The minimum Gasteiger partial charge on any atom is -0.393 e. The Kier molecular flexibility index (Phi) is 3.75. The number of fused-ring (bicyclic) bond motifs is 1. The van der Waals surface area contributed by atoms with Crippen molar-refractivity contribution >= 4 is 0 Å². The van der Waals surface area contributed by atoms with Crippen LogP contribution in [0, 0.1) is 23.7 Å². The van der Waals surface area contributed by atoms with Gasteiger partial charge in [0, 0.05) is 0 Å². The van der Waals surface area contributed by atoms with Crippen LogP contribution in [0.5, 0.6) is 0 Å². The zero-order valence-corrected chi connectivity index (χ0v) is 11.1. The highest BCUT2D eigenvalue weighted by atomic mass is 16.3. The first kappa shape index (κ1) is 12.0. The van der Waals surface area contributed by atoms with Gasteiger partial charge in [0.1, 0.15) is 0 Å². The Morgan fingerprint density at radius 1 is 0.647 bits per heavy atom. The van der Waals surface area contributed by atoms with Gasteiger partial charge in [-0.15, -0.1) is 0 Å². The Hall–Kier alpha value is -0.0400. The van der Waals surface area contributed by atoms with E-state index in [1.807, 2.05) is 0 Å². The Balaban J connectivity index is 1.57. The lowest BCUT2D eigenvalue weighted by molar-refractivity contribution is 0.00260. The second kappa shape index (κ2) is 5.30. The highest BCUT2D eigenvalue weighted by molar-refractivity contribution is 4.88. The molecule has 0 aliphatic heterocycles. The molecule has 0 aromatic rings. The molecular weight excluding hydrogens is 208 g/mol. The minimum absolute atomic E-state index is 0.0420. The van der Waals surface area contributed by atoms with Crippen LogP contribution >= 0.6 is 0 Å². The first-order valence-corrected chi connectivity index (χ1v) is 8.02. The standard InChI is InChI=1S/C16H28O/c17-16(13-6-2-3-7-13)15-10-9-12-5-1-4-8-14(12)11-15/h12-17H,1-11H2. The zero-order chi connectivity index (χ0) is 11.7. The molecule has 0 spiro atoms. The van der Waals surface area contributed by atoms with Crippen LogP contribution in [0.15, 0.2) is 0 Å². The molecule has 98 valence electrons. The van der Waals surface area contributed by atoms with Crippen LogP contribution in [0.3, 0.4) is 0 Å². The molecule has 0 radical (unpaired) electrons. The van der Waals surface area contributed by atoms with Gasteiger partial charge in [0.15, 0.2) is 0 Å². The SMILES string of the molecule is OC(C1CCCC1)C1CCC2CCCCC2C1. The van der Waals surface area contributed by atoms with Gasteiger partial charge in [-0.1, -0.05) is 38.5 Å². The van der Waals surface area contributed by atoms with E-state index in [9.17, 15) is 5.11 Å². The maximum atomic E-state index is 10.6. The second-order valence-electron chi connectivity index (χ2n) is 6.91. The van der Waals surface area contributed by atoms with Gasteiger partial charge in [-0.25, -0.2) is 0 Å². The van der Waals surface area contributed by atoms with E-state index < -0.39 is 0 Å². The summed E-state index contributed by atoms with van der Waals surface area (Å²) in [5.74, 6) is 3.30. The van der Waals surface area contributed by atoms with Crippen molar-refractivity contribution in [2.24, 2.45) is 23.7 Å². The van der Waals surface area contributed by atoms with E-state index in [-0.39, 0.29) is 6.10 Å². The quantitative estimate of drug-likeness (QED) is 0.764. The smallest absolute Gasteiger partial charge is 0.0596 e. The van der Waals surface area contributed by atoms with E-state index in [2.05, 4.69) is 0 Å². The number of aliphatic hydroxyl groups is 1. The molecular formula is C16H28O. The van der Waals surface area contributed by atoms with Crippen molar-refractivity contribution in [1.29, 1.82) is 0 Å². The van der Waals surface area contributed by atoms with Gasteiger partial charge in [0.25, 0.3) is 0 Å². The molecule has 0 aromatic heterocycles. The van der Waals surface area contributed by atoms with Crippen molar-refractivity contribution in [2.45, 2.75) is 76.7 Å². The summed E-state index contributed by atoms with van der Waals surface area (Å²) < 4.78 is 0. The van der Waals surface area contributed by atoms with Crippen molar-refractivity contribution in [3.8, 4) is 0 Å². The van der Waals surface area contributed by atoms with Gasteiger partial charge in [0.2, 0.25) is 0 Å². The molecule has 3 aliphatic carbocycles. The fourth-order valence-electron chi connectivity index (χ4n) is 4.90. The average molecular weight is 236 g/mol. The summed E-state index contributed by atoms with van der Waals surface area (Å²) in [7, 11) is 0. The maximum Gasteiger partial charge on any atom is 0.0596 e. The lowest BCUT2D eigenvalue weighted by Crippen LogP contribution is -2.36. The molecule has 3 fully saturated rings. The third-order valence-electron chi connectivity index (χ3n) is 5.95. The summed E-state index contributed by atoms with van der Waals surface area (Å²) in [5, 5.41) is 10.6. The first-order chi connectivity index (χ1) is 8.34. The van der Waals surface area contributed by atoms with Crippen LogP contribution < -0.4 is 0 Å². The fourth-order valence-corrected chi connectivity index (χ4v) is 4.90. The van der Waals surface area contributed by atoms with E-state index in [1.165, 1.54) is 70.6 Å². The number of aliphatic hydroxyl groups excluding tert-OH is 1. The normalized spacial score (nSPS) is 41.1. The van der Waals surface area contributed by atoms with Crippen molar-refractivity contribution in [2.75, 3.05) is 0 Å². The van der Waals surface area contributed by atoms with Gasteiger partial charge < -0.3 is 5.11 Å². The first-order valence-electron chi connectivity index (χ1n) is 8.02. The van der Waals surface area contributed by atoms with Crippen LogP contribution in [0.1, 0.15) is 70.6 Å². The molecule has 3 rings (SSSR count). The Labute approximate surface area is 106 Å². The van der Waals surface area contributed by atoms with Crippen molar-refractivity contribution in [1.82, 2.24) is 0 Å². The van der Waals surface area contributed by atoms with Crippen LogP contribution in [-0.2, 0) is 0 Å². The van der Waals surface area contributed by atoms with Gasteiger partial charge in [-0.3, -0.25) is 0 Å². The molecule has 17 heavy (non-hydrogen) atoms. The molecule has 0 heterocycles. The molecule has 4 unspecified atom stereocenters. The molecule has 3 aliphatic rings. The molecule has 0 saturated heterocycles. The molecule has 3 saturated carbocycles. The number of hydrogen-bond acceptors (Lipinski definition) is 1. The van der Waals surface area contributed by atoms with Crippen LogP contribution in [0.25, 0.3) is 0 Å². The predicted molar refractivity (Wildman–Crippen MR) is 70.8 cm³/mol. The lowest BCUT2D eigenvalue weighted by atomic mass is 9.65. The summed E-state index contributed by atoms with van der Waals surface area (Å²) in [6, 6.07) is 0. The molecule has 1 heteroatoms. The number of rotatable bonds is 2.